The molecule has 0 aliphatic carbocycles. The average molecular weight is 393 g/mol. The molecule has 6 heteroatoms. The van der Waals surface area contributed by atoms with Gasteiger partial charge < -0.3 is 14.5 Å². The zero-order valence-electron chi connectivity index (χ0n) is 17.1. The Morgan fingerprint density at radius 2 is 1.72 bits per heavy atom. The first kappa shape index (κ1) is 19.8. The lowest BCUT2D eigenvalue weighted by atomic mass is 10.1. The summed E-state index contributed by atoms with van der Waals surface area (Å²) in [4.78, 5) is 2.44. The van der Waals surface area contributed by atoms with E-state index in [4.69, 9.17) is 9.15 Å². The molecule has 0 bridgehead atoms. The van der Waals surface area contributed by atoms with Gasteiger partial charge in [-0.25, -0.2) is 0 Å². The summed E-state index contributed by atoms with van der Waals surface area (Å²) in [6.07, 6.45) is 0. The van der Waals surface area contributed by atoms with Crippen molar-refractivity contribution in [1.82, 2.24) is 20.4 Å². The number of nitrogens with zero attached hydrogens (tertiary/aromatic N) is 3. The van der Waals surface area contributed by atoms with Crippen molar-refractivity contribution >= 4 is 0 Å². The van der Waals surface area contributed by atoms with Crippen LogP contribution in [0.15, 0.2) is 52.9 Å². The molecule has 152 valence electrons. The van der Waals surface area contributed by atoms with E-state index in [1.165, 1.54) is 16.7 Å². The van der Waals surface area contributed by atoms with Gasteiger partial charge in [0.15, 0.2) is 0 Å². The summed E-state index contributed by atoms with van der Waals surface area (Å²) in [6, 6.07) is 16.7. The Hall–Kier alpha value is -2.54. The lowest BCUT2D eigenvalue weighted by Crippen LogP contribution is -2.36. The number of benzene rings is 2. The first-order chi connectivity index (χ1) is 14.2. The zero-order chi connectivity index (χ0) is 20.1. The van der Waals surface area contributed by atoms with E-state index in [9.17, 15) is 0 Å². The Morgan fingerprint density at radius 1 is 1.00 bits per heavy atom. The normalized spacial score (nSPS) is 16.1. The van der Waals surface area contributed by atoms with Crippen LogP contribution in [0.5, 0.6) is 0 Å². The predicted molar refractivity (Wildman–Crippen MR) is 112 cm³/mol. The van der Waals surface area contributed by atoms with Crippen LogP contribution in [0.2, 0.25) is 0 Å². The fourth-order valence-electron chi connectivity index (χ4n) is 3.46. The molecule has 2 aromatic carbocycles. The molecule has 0 radical (unpaired) electrons. The average Bonchev–Trinajstić information content (AvgIpc) is 3.24. The Kier molecular flexibility index (Phi) is 6.34. The molecule has 1 fully saturated rings. The van der Waals surface area contributed by atoms with Crippen molar-refractivity contribution in [3.8, 4) is 11.5 Å². The number of ether oxygens (including phenoxy) is 1. The van der Waals surface area contributed by atoms with Gasteiger partial charge in [0.25, 0.3) is 0 Å². The van der Waals surface area contributed by atoms with Crippen molar-refractivity contribution in [1.29, 1.82) is 0 Å². The van der Waals surface area contributed by atoms with Gasteiger partial charge in [-0.2, -0.15) is 0 Å². The van der Waals surface area contributed by atoms with Gasteiger partial charge in [0, 0.05) is 31.7 Å². The fourth-order valence-corrected chi connectivity index (χ4v) is 3.46. The van der Waals surface area contributed by atoms with Crippen molar-refractivity contribution in [2.24, 2.45) is 0 Å². The smallest absolute Gasteiger partial charge is 0.247 e. The second kappa shape index (κ2) is 9.31. The maximum absolute atomic E-state index is 5.90. The fraction of sp³-hybridized carbons (Fsp3) is 0.391. The Morgan fingerprint density at radius 3 is 2.48 bits per heavy atom. The highest BCUT2D eigenvalue weighted by molar-refractivity contribution is 5.52. The van der Waals surface area contributed by atoms with E-state index in [2.05, 4.69) is 58.5 Å². The van der Waals surface area contributed by atoms with Gasteiger partial charge in [0.05, 0.1) is 19.3 Å². The first-order valence-corrected chi connectivity index (χ1v) is 10.2. The van der Waals surface area contributed by atoms with Crippen LogP contribution in [-0.2, 0) is 17.8 Å². The minimum absolute atomic E-state index is 0.0295. The van der Waals surface area contributed by atoms with E-state index in [0.29, 0.717) is 11.8 Å². The van der Waals surface area contributed by atoms with Gasteiger partial charge in [-0.15, -0.1) is 10.2 Å². The van der Waals surface area contributed by atoms with Gasteiger partial charge in [-0.1, -0.05) is 42.0 Å². The van der Waals surface area contributed by atoms with Crippen LogP contribution in [0.4, 0.5) is 0 Å². The molecule has 6 nitrogen and oxygen atoms in total. The highest BCUT2D eigenvalue weighted by atomic mass is 16.5. The molecule has 4 rings (SSSR count). The Balaban J connectivity index is 1.38. The molecule has 0 spiro atoms. The Bertz CT molecular complexity index is 917. The quantitative estimate of drug-likeness (QED) is 0.661. The van der Waals surface area contributed by atoms with E-state index in [-0.39, 0.29) is 6.04 Å². The minimum atomic E-state index is -0.0295. The number of hydrogen-bond donors (Lipinski definition) is 1. The lowest BCUT2D eigenvalue weighted by Gasteiger charge is -2.27. The third-order valence-corrected chi connectivity index (χ3v) is 5.32. The zero-order valence-corrected chi connectivity index (χ0v) is 17.1. The second-order valence-corrected chi connectivity index (χ2v) is 7.57. The monoisotopic (exact) mass is 392 g/mol. The number of rotatable bonds is 7. The van der Waals surface area contributed by atoms with Crippen LogP contribution < -0.4 is 5.32 Å². The molecular weight excluding hydrogens is 364 g/mol. The van der Waals surface area contributed by atoms with Crippen LogP contribution in [-0.4, -0.2) is 41.4 Å². The van der Waals surface area contributed by atoms with Crippen molar-refractivity contribution < 1.29 is 9.15 Å². The van der Waals surface area contributed by atoms with Gasteiger partial charge >= 0.3 is 0 Å². The molecule has 1 aliphatic heterocycles. The molecular formula is C23H28N4O2. The lowest BCUT2D eigenvalue weighted by molar-refractivity contribution is 0.0340. The first-order valence-electron chi connectivity index (χ1n) is 10.2. The van der Waals surface area contributed by atoms with E-state index in [0.717, 1.165) is 45.0 Å². The summed E-state index contributed by atoms with van der Waals surface area (Å²) in [5.74, 6) is 1.16. The maximum atomic E-state index is 5.90. The molecule has 0 saturated carbocycles. The van der Waals surface area contributed by atoms with E-state index < -0.39 is 0 Å². The largest absolute Gasteiger partial charge is 0.419 e. The number of aryl methyl sites for hydroxylation is 1. The van der Waals surface area contributed by atoms with Crippen LogP contribution >= 0.6 is 0 Å². The van der Waals surface area contributed by atoms with Gasteiger partial charge in [0.2, 0.25) is 11.8 Å². The third kappa shape index (κ3) is 5.09. The summed E-state index contributed by atoms with van der Waals surface area (Å²) in [6.45, 7) is 9.43. The van der Waals surface area contributed by atoms with Gasteiger partial charge in [-0.3, -0.25) is 4.90 Å². The molecule has 1 atom stereocenters. The standard InChI is InChI=1S/C23H28N4O2/c1-17-7-9-19(10-8-17)23-26-25-22(29-23)18(2)24-15-20-5-3-4-6-21(20)16-27-11-13-28-14-12-27/h3-10,18,24H,11-16H2,1-2H3/t18-/m0/s1. The third-order valence-electron chi connectivity index (χ3n) is 5.32. The topological polar surface area (TPSA) is 63.4 Å². The van der Waals surface area contributed by atoms with E-state index in [1.54, 1.807) is 0 Å². The van der Waals surface area contributed by atoms with Crippen molar-refractivity contribution in [3.05, 3.63) is 71.1 Å². The van der Waals surface area contributed by atoms with Crippen molar-refractivity contribution in [3.63, 3.8) is 0 Å². The summed E-state index contributed by atoms with van der Waals surface area (Å²) < 4.78 is 11.4. The number of nitrogens with one attached hydrogen (secondary N) is 1. The highest BCUT2D eigenvalue weighted by Gasteiger charge is 2.16. The van der Waals surface area contributed by atoms with Crippen molar-refractivity contribution in [2.75, 3.05) is 26.3 Å². The van der Waals surface area contributed by atoms with Crippen LogP contribution in [0.25, 0.3) is 11.5 Å². The van der Waals surface area contributed by atoms with Crippen molar-refractivity contribution in [2.45, 2.75) is 33.0 Å². The molecule has 1 N–H and O–H groups in total. The van der Waals surface area contributed by atoms with Gasteiger partial charge in [-0.05, 0) is 37.1 Å². The van der Waals surface area contributed by atoms with Crippen LogP contribution in [0.3, 0.4) is 0 Å². The number of morpholine rings is 1. The highest BCUT2D eigenvalue weighted by Crippen LogP contribution is 2.21. The minimum Gasteiger partial charge on any atom is -0.419 e. The SMILES string of the molecule is Cc1ccc(-c2nnc([C@H](C)NCc3ccccc3CN3CCOCC3)o2)cc1. The number of hydrogen-bond acceptors (Lipinski definition) is 6. The van der Waals surface area contributed by atoms with Crippen LogP contribution in [0.1, 0.15) is 35.5 Å². The summed E-state index contributed by atoms with van der Waals surface area (Å²) in [7, 11) is 0. The molecule has 0 unspecified atom stereocenters. The predicted octanol–water partition coefficient (Wildman–Crippen LogP) is 3.73. The van der Waals surface area contributed by atoms with Crippen LogP contribution in [0, 0.1) is 6.92 Å². The molecule has 1 saturated heterocycles. The number of aromatic nitrogens is 2. The second-order valence-electron chi connectivity index (χ2n) is 7.57. The molecule has 1 aromatic heterocycles. The summed E-state index contributed by atoms with van der Waals surface area (Å²) >= 11 is 0. The Labute approximate surface area is 171 Å². The molecule has 1 aliphatic rings. The van der Waals surface area contributed by atoms with E-state index in [1.807, 2.05) is 24.3 Å². The molecule has 0 amide bonds. The van der Waals surface area contributed by atoms with Gasteiger partial charge in [0.1, 0.15) is 0 Å². The molecule has 29 heavy (non-hydrogen) atoms. The summed E-state index contributed by atoms with van der Waals surface area (Å²) in [5, 5.41) is 12.0. The molecule has 3 aromatic rings. The van der Waals surface area contributed by atoms with E-state index >= 15 is 0 Å². The summed E-state index contributed by atoms with van der Waals surface area (Å²) in [5.41, 5.74) is 4.79. The maximum Gasteiger partial charge on any atom is 0.247 e. The molecule has 2 heterocycles.